The fourth-order valence-electron chi connectivity index (χ4n) is 3.67. The Morgan fingerprint density at radius 1 is 0.750 bits per heavy atom. The van der Waals surface area contributed by atoms with Crippen molar-refractivity contribution in [3.8, 4) is 0 Å². The molecular formula is C22H38N4O6. The molecule has 10 heteroatoms. The summed E-state index contributed by atoms with van der Waals surface area (Å²) in [6, 6.07) is -2.59. The second kappa shape index (κ2) is 13.7. The number of carbonyl (C=O) groups is 5. The van der Waals surface area contributed by atoms with Crippen LogP contribution in [-0.2, 0) is 24.0 Å². The van der Waals surface area contributed by atoms with Crippen LogP contribution in [0.1, 0.15) is 79.1 Å². The van der Waals surface area contributed by atoms with E-state index in [1.807, 2.05) is 13.8 Å². The van der Waals surface area contributed by atoms with Gasteiger partial charge in [0.15, 0.2) is 0 Å². The zero-order valence-electron chi connectivity index (χ0n) is 19.5. The molecule has 10 nitrogen and oxygen atoms in total. The first-order valence-corrected chi connectivity index (χ1v) is 11.4. The summed E-state index contributed by atoms with van der Waals surface area (Å²) in [4.78, 5) is 59.9. The van der Waals surface area contributed by atoms with Crippen LogP contribution in [0.5, 0.6) is 0 Å². The Hall–Kier alpha value is -2.65. The number of carboxylic acid groups (broad SMARTS) is 1. The Morgan fingerprint density at radius 2 is 1.31 bits per heavy atom. The maximum Gasteiger partial charge on any atom is 0.303 e. The highest BCUT2D eigenvalue weighted by Gasteiger charge is 2.29. The zero-order valence-corrected chi connectivity index (χ0v) is 19.5. The summed E-state index contributed by atoms with van der Waals surface area (Å²) in [6.07, 6.45) is 5.50. The van der Waals surface area contributed by atoms with E-state index in [2.05, 4.69) is 21.3 Å². The van der Waals surface area contributed by atoms with Crippen LogP contribution >= 0.6 is 0 Å². The minimum atomic E-state index is -1.10. The van der Waals surface area contributed by atoms with E-state index in [4.69, 9.17) is 5.11 Å². The molecule has 0 aromatic rings. The van der Waals surface area contributed by atoms with Gasteiger partial charge >= 0.3 is 5.97 Å². The number of rotatable bonds is 12. The minimum Gasteiger partial charge on any atom is -0.481 e. The summed E-state index contributed by atoms with van der Waals surface area (Å²) in [7, 11) is 0. The Morgan fingerprint density at radius 3 is 1.88 bits per heavy atom. The molecule has 0 aliphatic heterocycles. The van der Waals surface area contributed by atoms with E-state index < -0.39 is 41.8 Å². The smallest absolute Gasteiger partial charge is 0.303 e. The van der Waals surface area contributed by atoms with Crippen molar-refractivity contribution in [3.05, 3.63) is 0 Å². The molecule has 0 heterocycles. The van der Waals surface area contributed by atoms with Crippen LogP contribution in [0.4, 0.5) is 0 Å². The van der Waals surface area contributed by atoms with Crippen molar-refractivity contribution in [2.24, 2.45) is 5.92 Å². The van der Waals surface area contributed by atoms with Gasteiger partial charge in [0.2, 0.25) is 23.6 Å². The van der Waals surface area contributed by atoms with Gasteiger partial charge in [-0.05, 0) is 40.0 Å². The summed E-state index contributed by atoms with van der Waals surface area (Å²) >= 11 is 0. The van der Waals surface area contributed by atoms with Crippen molar-refractivity contribution in [1.82, 2.24) is 21.3 Å². The Bertz CT molecular complexity index is 675. The third-order valence-corrected chi connectivity index (χ3v) is 5.45. The monoisotopic (exact) mass is 454 g/mol. The molecule has 4 amide bonds. The van der Waals surface area contributed by atoms with E-state index in [9.17, 15) is 24.0 Å². The fourth-order valence-corrected chi connectivity index (χ4v) is 3.67. The van der Waals surface area contributed by atoms with Crippen LogP contribution in [0.2, 0.25) is 0 Å². The molecule has 0 aromatic heterocycles. The molecule has 0 radical (unpaired) electrons. The third kappa shape index (κ3) is 10.6. The van der Waals surface area contributed by atoms with E-state index in [0.717, 1.165) is 25.7 Å². The number of aliphatic carboxylic acids is 1. The number of hydrogen-bond acceptors (Lipinski definition) is 5. The first kappa shape index (κ1) is 27.4. The molecule has 1 fully saturated rings. The molecule has 1 rings (SSSR count). The topological polar surface area (TPSA) is 154 Å². The molecule has 0 spiro atoms. The number of carbonyl (C=O) groups excluding carboxylic acids is 4. The fraction of sp³-hybridized carbons (Fsp3) is 0.773. The average molecular weight is 455 g/mol. The molecule has 0 unspecified atom stereocenters. The molecule has 5 N–H and O–H groups in total. The lowest BCUT2D eigenvalue weighted by atomic mass is 9.84. The van der Waals surface area contributed by atoms with Crippen molar-refractivity contribution < 1.29 is 29.1 Å². The van der Waals surface area contributed by atoms with Gasteiger partial charge in [-0.1, -0.05) is 32.1 Å². The lowest BCUT2D eigenvalue weighted by Crippen LogP contribution is -2.56. The van der Waals surface area contributed by atoms with E-state index in [1.54, 1.807) is 0 Å². The predicted octanol–water partition coefficient (Wildman–Crippen LogP) is 0.840. The SMILES string of the molecule is CC(C)NC(=O)[C@H](CC1CCCCC1)NC(=O)[C@H](C)NC(=O)[C@H](C)NC(=O)CCC(=O)O. The third-order valence-electron chi connectivity index (χ3n) is 5.45. The van der Waals surface area contributed by atoms with Crippen LogP contribution in [0.15, 0.2) is 0 Å². The number of nitrogens with one attached hydrogen (secondary N) is 4. The highest BCUT2D eigenvalue weighted by atomic mass is 16.4. The molecule has 32 heavy (non-hydrogen) atoms. The van der Waals surface area contributed by atoms with Crippen LogP contribution in [-0.4, -0.2) is 58.9 Å². The van der Waals surface area contributed by atoms with Crippen molar-refractivity contribution >= 4 is 29.6 Å². The summed E-state index contributed by atoms with van der Waals surface area (Å²) in [5, 5.41) is 19.2. The van der Waals surface area contributed by atoms with Gasteiger partial charge in [0.25, 0.3) is 0 Å². The van der Waals surface area contributed by atoms with Gasteiger partial charge in [0.05, 0.1) is 6.42 Å². The maximum atomic E-state index is 12.7. The zero-order chi connectivity index (χ0) is 24.3. The molecule has 0 bridgehead atoms. The molecule has 1 aliphatic rings. The molecular weight excluding hydrogens is 416 g/mol. The summed E-state index contributed by atoms with van der Waals surface area (Å²) < 4.78 is 0. The van der Waals surface area contributed by atoms with Gasteiger partial charge < -0.3 is 26.4 Å². The Kier molecular flexibility index (Phi) is 11.7. The van der Waals surface area contributed by atoms with E-state index in [-0.39, 0.29) is 24.8 Å². The second-order valence-corrected chi connectivity index (χ2v) is 8.88. The average Bonchev–Trinajstić information content (AvgIpc) is 2.71. The Labute approximate surface area is 189 Å². The van der Waals surface area contributed by atoms with Gasteiger partial charge in [0.1, 0.15) is 18.1 Å². The van der Waals surface area contributed by atoms with E-state index in [1.165, 1.54) is 20.3 Å². The standard InChI is InChI=1S/C22H38N4O6/c1-13(2)23-22(32)17(12-16-8-6-5-7-9-16)26-21(31)15(4)25-20(30)14(3)24-18(27)10-11-19(28)29/h13-17H,5-12H2,1-4H3,(H,23,32)(H,24,27)(H,25,30)(H,26,31)(H,28,29)/t14-,15-,17-/m0/s1. The molecule has 0 saturated heterocycles. The molecule has 1 aliphatic carbocycles. The first-order chi connectivity index (χ1) is 15.0. The van der Waals surface area contributed by atoms with Gasteiger partial charge in [-0.15, -0.1) is 0 Å². The van der Waals surface area contributed by atoms with Crippen molar-refractivity contribution in [3.63, 3.8) is 0 Å². The summed E-state index contributed by atoms with van der Waals surface area (Å²) in [5.41, 5.74) is 0. The van der Waals surface area contributed by atoms with E-state index >= 15 is 0 Å². The van der Waals surface area contributed by atoms with Crippen molar-refractivity contribution in [2.45, 2.75) is 103 Å². The van der Waals surface area contributed by atoms with Crippen LogP contribution in [0.3, 0.4) is 0 Å². The molecule has 182 valence electrons. The predicted molar refractivity (Wildman–Crippen MR) is 118 cm³/mol. The van der Waals surface area contributed by atoms with Gasteiger partial charge in [-0.3, -0.25) is 24.0 Å². The van der Waals surface area contributed by atoms with Gasteiger partial charge in [-0.25, -0.2) is 0 Å². The lowest BCUT2D eigenvalue weighted by molar-refractivity contribution is -0.139. The molecule has 1 saturated carbocycles. The van der Waals surface area contributed by atoms with Crippen molar-refractivity contribution in [2.75, 3.05) is 0 Å². The molecule has 3 atom stereocenters. The Balaban J connectivity index is 2.63. The van der Waals surface area contributed by atoms with E-state index in [0.29, 0.717) is 12.3 Å². The van der Waals surface area contributed by atoms with Crippen LogP contribution in [0.25, 0.3) is 0 Å². The van der Waals surface area contributed by atoms with Gasteiger partial charge in [-0.2, -0.15) is 0 Å². The minimum absolute atomic E-state index is 0.0593. The highest BCUT2D eigenvalue weighted by molar-refractivity contribution is 5.94. The van der Waals surface area contributed by atoms with Crippen molar-refractivity contribution in [1.29, 1.82) is 0 Å². The first-order valence-electron chi connectivity index (χ1n) is 11.4. The number of hydrogen-bond donors (Lipinski definition) is 5. The summed E-state index contributed by atoms with van der Waals surface area (Å²) in [6.45, 7) is 6.66. The number of amides is 4. The summed E-state index contributed by atoms with van der Waals surface area (Å²) in [5.74, 6) is -2.60. The van der Waals surface area contributed by atoms with Crippen LogP contribution < -0.4 is 21.3 Å². The largest absolute Gasteiger partial charge is 0.481 e. The quantitative estimate of drug-likeness (QED) is 0.294. The molecule has 0 aromatic carbocycles. The normalized spacial score (nSPS) is 17.0. The second-order valence-electron chi connectivity index (χ2n) is 8.88. The lowest BCUT2D eigenvalue weighted by Gasteiger charge is -2.28. The van der Waals surface area contributed by atoms with Gasteiger partial charge in [0, 0.05) is 12.5 Å². The number of carboxylic acids is 1. The van der Waals surface area contributed by atoms with Crippen LogP contribution in [0, 0.1) is 5.92 Å². The maximum absolute atomic E-state index is 12.7. The highest BCUT2D eigenvalue weighted by Crippen LogP contribution is 2.27.